The van der Waals surface area contributed by atoms with E-state index < -0.39 is 13.9 Å². The topological polar surface area (TPSA) is 117 Å². The number of hydrogen-bond acceptors (Lipinski definition) is 7. The van der Waals surface area contributed by atoms with Crippen LogP contribution in [0.5, 0.6) is 0 Å². The Bertz CT molecular complexity index is 1210. The molecule has 0 aliphatic heterocycles. The van der Waals surface area contributed by atoms with Crippen molar-refractivity contribution in [1.82, 2.24) is 0 Å². The Hall–Kier alpha value is -2.32. The average Bonchev–Trinajstić information content (AvgIpc) is 3.25. The van der Waals surface area contributed by atoms with E-state index in [0.29, 0.717) is 13.0 Å². The SMILES string of the molecule is CC/C=C\C/C=C\C/C=C\C/C=C\C/C=C\C/C=C\CCCCCCCCCOCC(COP(=O)(O)OCCN)OC(=O)CCCCCCC/C=C\CCCCCCCCC. The first-order valence-corrected chi connectivity index (χ1v) is 26.1. The van der Waals surface area contributed by atoms with Gasteiger partial charge in [-0.25, -0.2) is 4.57 Å². The van der Waals surface area contributed by atoms with E-state index in [4.69, 9.17) is 24.3 Å². The molecule has 0 fully saturated rings. The smallest absolute Gasteiger partial charge is 0.457 e. The maximum absolute atomic E-state index is 12.6. The number of carbonyl (C=O) groups is 1. The summed E-state index contributed by atoms with van der Waals surface area (Å²) in [5.74, 6) is -0.345. The lowest BCUT2D eigenvalue weighted by molar-refractivity contribution is -0.154. The van der Waals surface area contributed by atoms with E-state index in [0.717, 1.165) is 96.3 Å². The summed E-state index contributed by atoms with van der Waals surface area (Å²) in [5.41, 5.74) is 5.38. The third-order valence-electron chi connectivity index (χ3n) is 10.0. The first-order valence-electron chi connectivity index (χ1n) is 24.6. The Kier molecular flexibility index (Phi) is 46.9. The van der Waals surface area contributed by atoms with E-state index in [1.54, 1.807) is 0 Å². The van der Waals surface area contributed by atoms with Gasteiger partial charge in [-0.15, -0.1) is 0 Å². The number of carbonyl (C=O) groups excluding carboxylic acids is 1. The number of phosphoric ester groups is 1. The second-order valence-electron chi connectivity index (χ2n) is 15.9. The predicted octanol–water partition coefficient (Wildman–Crippen LogP) is 15.3. The molecule has 0 aromatic rings. The summed E-state index contributed by atoms with van der Waals surface area (Å²) in [7, 11) is -4.29. The van der Waals surface area contributed by atoms with Crippen LogP contribution in [0.4, 0.5) is 0 Å². The normalized spacial score (nSPS) is 14.1. The van der Waals surface area contributed by atoms with Gasteiger partial charge < -0.3 is 20.1 Å². The molecule has 0 rings (SSSR count). The van der Waals surface area contributed by atoms with Crippen molar-refractivity contribution in [3.63, 3.8) is 0 Å². The highest BCUT2D eigenvalue weighted by molar-refractivity contribution is 7.47. The fraction of sp³-hybridized carbons (Fsp3) is 0.712. The molecule has 3 N–H and O–H groups in total. The summed E-state index contributed by atoms with van der Waals surface area (Å²) >= 11 is 0. The van der Waals surface area contributed by atoms with Crippen LogP contribution in [-0.4, -0.2) is 49.9 Å². The molecule has 0 aromatic carbocycles. The highest BCUT2D eigenvalue weighted by Crippen LogP contribution is 2.43. The molecule has 0 bridgehead atoms. The number of unbranched alkanes of at least 4 members (excludes halogenated alkanes) is 19. The third kappa shape index (κ3) is 48.6. The average molecular weight is 874 g/mol. The molecule has 0 saturated carbocycles. The third-order valence-corrected chi connectivity index (χ3v) is 11.0. The van der Waals surface area contributed by atoms with Gasteiger partial charge in [0.1, 0.15) is 6.10 Å². The van der Waals surface area contributed by atoms with Crippen LogP contribution in [0.15, 0.2) is 85.1 Å². The van der Waals surface area contributed by atoms with Crippen molar-refractivity contribution in [1.29, 1.82) is 0 Å². The number of allylic oxidation sites excluding steroid dienone is 14. The predicted molar refractivity (Wildman–Crippen MR) is 261 cm³/mol. The summed E-state index contributed by atoms with van der Waals surface area (Å²) in [5, 5.41) is 0. The van der Waals surface area contributed by atoms with E-state index >= 15 is 0 Å². The van der Waals surface area contributed by atoms with Crippen LogP contribution in [0.3, 0.4) is 0 Å². The van der Waals surface area contributed by atoms with Gasteiger partial charge in [-0.1, -0.05) is 189 Å². The van der Waals surface area contributed by atoms with Gasteiger partial charge in [0.25, 0.3) is 0 Å². The van der Waals surface area contributed by atoms with E-state index in [1.807, 2.05) is 0 Å². The summed E-state index contributed by atoms with van der Waals surface area (Å²) < 4.78 is 33.5. The molecular formula is C52H92NO7P. The van der Waals surface area contributed by atoms with E-state index in [9.17, 15) is 14.3 Å². The number of hydrogen-bond donors (Lipinski definition) is 2. The fourth-order valence-electron chi connectivity index (χ4n) is 6.47. The van der Waals surface area contributed by atoms with Crippen molar-refractivity contribution in [3.8, 4) is 0 Å². The van der Waals surface area contributed by atoms with Crippen LogP contribution in [0.1, 0.15) is 200 Å². The monoisotopic (exact) mass is 874 g/mol. The Morgan fingerprint density at radius 3 is 1.39 bits per heavy atom. The maximum atomic E-state index is 12.6. The summed E-state index contributed by atoms with van der Waals surface area (Å²) in [6.07, 6.45) is 63.2. The fourth-order valence-corrected chi connectivity index (χ4v) is 7.23. The molecule has 0 aromatic heterocycles. The van der Waals surface area contributed by atoms with Gasteiger partial charge >= 0.3 is 13.8 Å². The highest BCUT2D eigenvalue weighted by Gasteiger charge is 2.25. The first-order chi connectivity index (χ1) is 29.9. The molecule has 0 aliphatic carbocycles. The number of nitrogens with two attached hydrogens (primary N) is 1. The molecule has 61 heavy (non-hydrogen) atoms. The lowest BCUT2D eigenvalue weighted by Gasteiger charge is -2.20. The minimum Gasteiger partial charge on any atom is -0.457 e. The zero-order chi connectivity index (χ0) is 44.4. The molecular weight excluding hydrogens is 782 g/mol. The zero-order valence-electron chi connectivity index (χ0n) is 39.1. The molecule has 0 spiro atoms. The number of rotatable bonds is 46. The van der Waals surface area contributed by atoms with Crippen LogP contribution < -0.4 is 5.73 Å². The lowest BCUT2D eigenvalue weighted by Crippen LogP contribution is -2.28. The Morgan fingerprint density at radius 2 is 0.918 bits per heavy atom. The van der Waals surface area contributed by atoms with Gasteiger partial charge in [0.2, 0.25) is 0 Å². The molecule has 0 radical (unpaired) electrons. The molecule has 0 saturated heterocycles. The van der Waals surface area contributed by atoms with Crippen LogP contribution >= 0.6 is 7.82 Å². The van der Waals surface area contributed by atoms with Crippen LogP contribution in [0.25, 0.3) is 0 Å². The molecule has 9 heteroatoms. The zero-order valence-corrected chi connectivity index (χ0v) is 40.0. The minimum atomic E-state index is -4.29. The second kappa shape index (κ2) is 48.7. The first kappa shape index (κ1) is 58.7. The van der Waals surface area contributed by atoms with Crippen LogP contribution in [0, 0.1) is 0 Å². The largest absolute Gasteiger partial charge is 0.472 e. The Labute approximate surface area is 375 Å². The van der Waals surface area contributed by atoms with E-state index in [1.165, 1.54) is 83.5 Å². The van der Waals surface area contributed by atoms with Crippen LogP contribution in [-0.2, 0) is 27.9 Å². The minimum absolute atomic E-state index is 0.0930. The van der Waals surface area contributed by atoms with Crippen molar-refractivity contribution in [2.45, 2.75) is 206 Å². The molecule has 0 amide bonds. The van der Waals surface area contributed by atoms with Crippen LogP contribution in [0.2, 0.25) is 0 Å². The Morgan fingerprint density at radius 1 is 0.508 bits per heavy atom. The van der Waals surface area contributed by atoms with E-state index in [-0.39, 0.29) is 32.3 Å². The molecule has 0 heterocycles. The van der Waals surface area contributed by atoms with Gasteiger partial charge in [0, 0.05) is 19.6 Å². The summed E-state index contributed by atoms with van der Waals surface area (Å²) in [6.45, 7) is 4.76. The molecule has 352 valence electrons. The quantitative estimate of drug-likeness (QED) is 0.0269. The number of esters is 1. The second-order valence-corrected chi connectivity index (χ2v) is 17.4. The van der Waals surface area contributed by atoms with Gasteiger partial charge in [-0.3, -0.25) is 13.8 Å². The van der Waals surface area contributed by atoms with Crippen molar-refractivity contribution < 1.29 is 32.8 Å². The van der Waals surface area contributed by atoms with Crippen molar-refractivity contribution in [2.75, 3.05) is 33.0 Å². The standard InChI is InChI=1S/C52H92NO7P/c1-3-5-7-9-11-13-15-17-19-21-22-23-24-25-26-27-28-29-30-32-34-36-38-40-42-44-47-57-49-51(50-59-61(55,56)58-48-46-53)60-52(54)45-43-41-39-37-35-33-31-20-18-16-14-12-10-8-6-4-2/h5,7,11,13,17,19-20,22-23,25-26,28-29,31,51H,3-4,6,8-10,12,14-16,18,21,24,27,30,32-50,53H2,1-2H3,(H,55,56)/b7-5-,13-11-,19-17-,23-22-,26-25-,29-28-,31-20-. The number of phosphoric acid groups is 1. The molecule has 2 atom stereocenters. The molecule has 2 unspecified atom stereocenters. The summed E-state index contributed by atoms with van der Waals surface area (Å²) in [6, 6.07) is 0. The van der Waals surface area contributed by atoms with Crippen molar-refractivity contribution in [3.05, 3.63) is 85.1 Å². The lowest BCUT2D eigenvalue weighted by atomic mass is 10.1. The molecule has 0 aliphatic rings. The van der Waals surface area contributed by atoms with Gasteiger partial charge in [0.05, 0.1) is 19.8 Å². The van der Waals surface area contributed by atoms with Crippen molar-refractivity contribution in [2.24, 2.45) is 5.73 Å². The molecule has 8 nitrogen and oxygen atoms in total. The van der Waals surface area contributed by atoms with E-state index in [2.05, 4.69) is 98.9 Å². The van der Waals surface area contributed by atoms with Gasteiger partial charge in [-0.2, -0.15) is 0 Å². The summed E-state index contributed by atoms with van der Waals surface area (Å²) in [4.78, 5) is 22.5. The van der Waals surface area contributed by atoms with Crippen molar-refractivity contribution >= 4 is 13.8 Å². The number of ether oxygens (including phenoxy) is 2. The van der Waals surface area contributed by atoms with Gasteiger partial charge in [-0.05, 0) is 89.9 Å². The van der Waals surface area contributed by atoms with Gasteiger partial charge in [0.15, 0.2) is 0 Å². The highest BCUT2D eigenvalue weighted by atomic mass is 31.2. The Balaban J connectivity index is 4.02. The maximum Gasteiger partial charge on any atom is 0.472 e.